The zero-order chi connectivity index (χ0) is 19.5. The first kappa shape index (κ1) is 17.8. The number of aromatic hydroxyl groups is 1. The second-order valence-corrected chi connectivity index (χ2v) is 6.41. The van der Waals surface area contributed by atoms with E-state index >= 15 is 0 Å². The lowest BCUT2D eigenvalue weighted by molar-refractivity contribution is -0.121. The lowest BCUT2D eigenvalue weighted by Gasteiger charge is -2.29. The van der Waals surface area contributed by atoms with E-state index in [2.05, 4.69) is 10.3 Å². The molecule has 1 aliphatic rings. The van der Waals surface area contributed by atoms with Gasteiger partial charge >= 0.3 is 0 Å². The van der Waals surface area contributed by atoms with Crippen LogP contribution in [0.4, 0.5) is 17.2 Å². The van der Waals surface area contributed by atoms with E-state index in [0.717, 1.165) is 22.5 Å². The molecule has 28 heavy (non-hydrogen) atoms. The number of nitrogens with zero attached hydrogens (tertiary/aromatic N) is 2. The number of anilines is 3. The van der Waals surface area contributed by atoms with Gasteiger partial charge in [-0.2, -0.15) is 0 Å². The van der Waals surface area contributed by atoms with Crippen molar-refractivity contribution >= 4 is 23.1 Å². The molecule has 0 radical (unpaired) electrons. The fourth-order valence-electron chi connectivity index (χ4n) is 3.17. The second kappa shape index (κ2) is 7.58. The van der Waals surface area contributed by atoms with E-state index in [1.54, 1.807) is 29.3 Å². The molecule has 1 amide bonds. The maximum absolute atomic E-state index is 12.2. The molecule has 2 heterocycles. The molecule has 0 fully saturated rings. The number of aromatic nitrogens is 1. The highest BCUT2D eigenvalue weighted by molar-refractivity contribution is 5.98. The highest BCUT2D eigenvalue weighted by atomic mass is 16.5. The van der Waals surface area contributed by atoms with Crippen molar-refractivity contribution in [2.75, 3.05) is 29.9 Å². The number of ether oxygens (including phenoxy) is 1. The van der Waals surface area contributed by atoms with Crippen LogP contribution in [0.1, 0.15) is 0 Å². The van der Waals surface area contributed by atoms with Gasteiger partial charge in [0.25, 0.3) is 5.91 Å². The van der Waals surface area contributed by atoms with Gasteiger partial charge in [-0.3, -0.25) is 4.79 Å². The molecule has 0 bridgehead atoms. The quantitative estimate of drug-likeness (QED) is 0.633. The number of hydrogen-bond acceptors (Lipinski definition) is 6. The molecule has 0 spiro atoms. The van der Waals surface area contributed by atoms with Crippen LogP contribution in [0.25, 0.3) is 11.1 Å². The monoisotopic (exact) mass is 376 g/mol. The van der Waals surface area contributed by atoms with Crippen LogP contribution in [0.2, 0.25) is 0 Å². The van der Waals surface area contributed by atoms with Crippen molar-refractivity contribution in [3.8, 4) is 22.6 Å². The predicted molar refractivity (Wildman–Crippen MR) is 108 cm³/mol. The topological polar surface area (TPSA) is 101 Å². The van der Waals surface area contributed by atoms with Crippen LogP contribution in [0.5, 0.6) is 11.5 Å². The molecule has 0 saturated carbocycles. The number of carbonyl (C=O) groups is 1. The summed E-state index contributed by atoms with van der Waals surface area (Å²) >= 11 is 0. The van der Waals surface area contributed by atoms with E-state index in [1.807, 2.05) is 36.4 Å². The van der Waals surface area contributed by atoms with Crippen LogP contribution in [0, 0.1) is 0 Å². The summed E-state index contributed by atoms with van der Waals surface area (Å²) in [6, 6.07) is 16.4. The molecule has 1 aliphatic heterocycles. The molecule has 7 heteroatoms. The molecule has 0 saturated heterocycles. The Hall–Kier alpha value is -3.58. The van der Waals surface area contributed by atoms with Gasteiger partial charge in [0.15, 0.2) is 6.61 Å². The first-order valence-electron chi connectivity index (χ1n) is 8.94. The lowest BCUT2D eigenvalue weighted by atomic mass is 10.0. The molecule has 4 N–H and O–H groups in total. The zero-order valence-electron chi connectivity index (χ0n) is 15.1. The molecular weight excluding hydrogens is 356 g/mol. The van der Waals surface area contributed by atoms with Crippen LogP contribution < -0.4 is 20.7 Å². The van der Waals surface area contributed by atoms with Gasteiger partial charge in [-0.15, -0.1) is 0 Å². The minimum atomic E-state index is -0.101. The summed E-state index contributed by atoms with van der Waals surface area (Å²) in [4.78, 5) is 18.2. The van der Waals surface area contributed by atoms with Gasteiger partial charge in [-0.1, -0.05) is 12.1 Å². The van der Waals surface area contributed by atoms with Gasteiger partial charge in [0, 0.05) is 31.0 Å². The van der Waals surface area contributed by atoms with Gasteiger partial charge < -0.3 is 25.8 Å². The third-order valence-electron chi connectivity index (χ3n) is 4.47. The van der Waals surface area contributed by atoms with Crippen molar-refractivity contribution in [2.45, 2.75) is 0 Å². The van der Waals surface area contributed by atoms with E-state index in [0.29, 0.717) is 24.7 Å². The number of nitrogens with one attached hydrogen (secondary N) is 1. The Balaban J connectivity index is 1.65. The third kappa shape index (κ3) is 3.60. The van der Waals surface area contributed by atoms with Crippen molar-refractivity contribution in [3.05, 3.63) is 60.8 Å². The molecule has 0 atom stereocenters. The first-order valence-corrected chi connectivity index (χ1v) is 8.94. The minimum absolute atomic E-state index is 0.0274. The minimum Gasteiger partial charge on any atom is -0.508 e. The number of pyridine rings is 1. The number of carbonyl (C=O) groups excluding carboxylic acids is 1. The number of phenolic OH excluding ortho intramolecular Hbond substituents is 1. The van der Waals surface area contributed by atoms with Crippen LogP contribution in [0.3, 0.4) is 0 Å². The Morgan fingerprint density at radius 1 is 1.14 bits per heavy atom. The van der Waals surface area contributed by atoms with Crippen molar-refractivity contribution in [1.29, 1.82) is 0 Å². The van der Waals surface area contributed by atoms with Crippen LogP contribution in [0.15, 0.2) is 60.8 Å². The summed E-state index contributed by atoms with van der Waals surface area (Å²) in [5.74, 6) is 1.40. The van der Waals surface area contributed by atoms with Gasteiger partial charge in [0.1, 0.15) is 17.3 Å². The van der Waals surface area contributed by atoms with E-state index < -0.39 is 0 Å². The van der Waals surface area contributed by atoms with Crippen molar-refractivity contribution in [3.63, 3.8) is 0 Å². The Kier molecular flexibility index (Phi) is 4.82. The van der Waals surface area contributed by atoms with Crippen molar-refractivity contribution in [1.82, 2.24) is 4.98 Å². The Labute approximate surface area is 162 Å². The van der Waals surface area contributed by atoms with E-state index in [9.17, 15) is 9.90 Å². The summed E-state index contributed by atoms with van der Waals surface area (Å²) in [6.07, 6.45) is 1.71. The number of amides is 1. The van der Waals surface area contributed by atoms with Crippen LogP contribution in [-0.2, 0) is 4.79 Å². The zero-order valence-corrected chi connectivity index (χ0v) is 15.1. The molecule has 1 aromatic heterocycles. The Bertz CT molecular complexity index is 1020. The lowest BCUT2D eigenvalue weighted by Crippen LogP contribution is -2.41. The van der Waals surface area contributed by atoms with Gasteiger partial charge in [-0.25, -0.2) is 4.98 Å². The largest absolute Gasteiger partial charge is 0.508 e. The second-order valence-electron chi connectivity index (χ2n) is 6.41. The summed E-state index contributed by atoms with van der Waals surface area (Å²) in [5, 5.41) is 12.8. The molecule has 0 aliphatic carbocycles. The maximum Gasteiger partial charge on any atom is 0.265 e. The predicted octanol–water partition coefficient (Wildman–Crippen LogP) is 2.88. The maximum atomic E-state index is 12.2. The number of phenols is 1. The smallest absolute Gasteiger partial charge is 0.265 e. The molecule has 7 nitrogen and oxygen atoms in total. The van der Waals surface area contributed by atoms with Gasteiger partial charge in [0.05, 0.1) is 5.69 Å². The first-order chi connectivity index (χ1) is 13.6. The molecule has 0 unspecified atom stereocenters. The normalized spacial score (nSPS) is 13.0. The third-order valence-corrected chi connectivity index (χ3v) is 4.47. The van der Waals surface area contributed by atoms with E-state index in [-0.39, 0.29) is 18.3 Å². The number of benzene rings is 2. The van der Waals surface area contributed by atoms with Crippen LogP contribution >= 0.6 is 0 Å². The molecule has 142 valence electrons. The Morgan fingerprint density at radius 2 is 2.00 bits per heavy atom. The number of hydrogen-bond donors (Lipinski definition) is 3. The van der Waals surface area contributed by atoms with E-state index in [4.69, 9.17) is 10.5 Å². The SMILES string of the molecule is NCCN1C(=O)COc2ccc(-c3ccnc(Nc4cccc(O)c4)c3)cc21. The van der Waals surface area contributed by atoms with Crippen molar-refractivity contribution < 1.29 is 14.6 Å². The average Bonchev–Trinajstić information content (AvgIpc) is 2.70. The molecule has 2 aromatic carbocycles. The number of rotatable bonds is 5. The van der Waals surface area contributed by atoms with E-state index in [1.165, 1.54) is 0 Å². The standard InChI is InChI=1S/C21H20N4O3/c22-7-9-25-18-10-14(4-5-19(18)28-13-21(25)27)15-6-8-23-20(11-15)24-16-2-1-3-17(26)12-16/h1-6,8,10-12,26H,7,9,13,22H2,(H,23,24). The molecule has 3 aromatic rings. The Morgan fingerprint density at radius 3 is 2.82 bits per heavy atom. The number of fused-ring (bicyclic) bond motifs is 1. The summed E-state index contributed by atoms with van der Waals surface area (Å²) < 4.78 is 5.54. The average molecular weight is 376 g/mol. The summed E-state index contributed by atoms with van der Waals surface area (Å²) in [5.41, 5.74) is 8.99. The van der Waals surface area contributed by atoms with Gasteiger partial charge in [-0.05, 0) is 47.5 Å². The molecule has 4 rings (SSSR count). The van der Waals surface area contributed by atoms with Crippen molar-refractivity contribution in [2.24, 2.45) is 5.73 Å². The highest BCUT2D eigenvalue weighted by Crippen LogP contribution is 2.36. The number of nitrogens with two attached hydrogens (primary N) is 1. The summed E-state index contributed by atoms with van der Waals surface area (Å²) in [6.45, 7) is 0.849. The fourth-order valence-corrected chi connectivity index (χ4v) is 3.17. The fraction of sp³-hybridized carbons (Fsp3) is 0.143. The van der Waals surface area contributed by atoms with Crippen LogP contribution in [-0.4, -0.2) is 35.7 Å². The summed E-state index contributed by atoms with van der Waals surface area (Å²) in [7, 11) is 0. The van der Waals surface area contributed by atoms with Gasteiger partial charge in [0.2, 0.25) is 0 Å². The molecular formula is C21H20N4O3. The highest BCUT2D eigenvalue weighted by Gasteiger charge is 2.25.